The van der Waals surface area contributed by atoms with Gasteiger partial charge in [-0.2, -0.15) is 0 Å². The van der Waals surface area contributed by atoms with E-state index in [1.165, 1.54) is 27.8 Å². The van der Waals surface area contributed by atoms with Crippen LogP contribution in [0.1, 0.15) is 56.1 Å². The molecule has 0 bridgehead atoms. The number of hydrogen-bond acceptors (Lipinski definition) is 1. The van der Waals surface area contributed by atoms with Crippen LogP contribution in [0.2, 0.25) is 0 Å². The summed E-state index contributed by atoms with van der Waals surface area (Å²) in [4.78, 5) is 0. The highest BCUT2D eigenvalue weighted by molar-refractivity contribution is 5.32. The third-order valence-electron chi connectivity index (χ3n) is 4.39. The smallest absolute Gasteiger partial charge is 0.0797 e. The van der Waals surface area contributed by atoms with Gasteiger partial charge in [-0.25, -0.2) is 0 Å². The third-order valence-corrected chi connectivity index (χ3v) is 4.39. The zero-order valence-electron chi connectivity index (χ0n) is 15.9. The average Bonchev–Trinajstić information content (AvgIpc) is 2.52. The summed E-state index contributed by atoms with van der Waals surface area (Å²) in [5, 5.41) is 0. The molecule has 128 valence electrons. The predicted molar refractivity (Wildman–Crippen MR) is 104 cm³/mol. The summed E-state index contributed by atoms with van der Waals surface area (Å²) in [6.45, 7) is 13.6. The molecule has 0 saturated carbocycles. The molecule has 0 spiro atoms. The molecule has 1 nitrogen and oxygen atoms in total. The van der Waals surface area contributed by atoms with Crippen molar-refractivity contribution in [2.24, 2.45) is 0 Å². The van der Waals surface area contributed by atoms with Gasteiger partial charge in [-0.15, -0.1) is 0 Å². The Hall–Kier alpha value is -1.86. The Morgan fingerprint density at radius 2 is 1.62 bits per heavy atom. The number of ether oxygens (including phenoxy) is 1. The lowest BCUT2D eigenvalue weighted by Gasteiger charge is -2.29. The van der Waals surface area contributed by atoms with E-state index in [0.29, 0.717) is 6.61 Å². The van der Waals surface area contributed by atoms with E-state index < -0.39 is 0 Å². The summed E-state index contributed by atoms with van der Waals surface area (Å²) in [6, 6.07) is 17.3. The fourth-order valence-electron chi connectivity index (χ4n) is 3.30. The molecule has 1 heteroatoms. The summed E-state index contributed by atoms with van der Waals surface area (Å²) in [7, 11) is 0. The molecule has 24 heavy (non-hydrogen) atoms. The fraction of sp³-hybridized carbons (Fsp3) is 0.391. The van der Waals surface area contributed by atoms with Crippen LogP contribution in [0.4, 0.5) is 0 Å². The van der Waals surface area contributed by atoms with E-state index in [1.54, 1.807) is 0 Å². The van der Waals surface area contributed by atoms with Gasteiger partial charge in [-0.05, 0) is 52.7 Å². The van der Waals surface area contributed by atoms with Gasteiger partial charge in [-0.1, -0.05) is 71.3 Å². The van der Waals surface area contributed by atoms with Crippen molar-refractivity contribution in [3.63, 3.8) is 0 Å². The molecule has 0 heterocycles. The second-order valence-corrected chi connectivity index (χ2v) is 7.38. The lowest BCUT2D eigenvalue weighted by Crippen LogP contribution is -2.27. The monoisotopic (exact) mass is 322 g/mol. The van der Waals surface area contributed by atoms with Crippen molar-refractivity contribution < 1.29 is 4.74 Å². The molecule has 0 N–H and O–H groups in total. The standard InChI is InChI=1S/C23H30O/c1-17(2)15-23(6,22-10-8-7-9-11-22)16-24-20(5)21-13-18(3)12-19(4)14-21/h7-15,20H,16H2,1-6H3/t20-,23+/m1/s1. The molecule has 0 radical (unpaired) electrons. The van der Waals surface area contributed by atoms with Gasteiger partial charge in [0.05, 0.1) is 12.7 Å². The molecule has 0 aliphatic carbocycles. The molecule has 2 aromatic rings. The highest BCUT2D eigenvalue weighted by Crippen LogP contribution is 2.30. The molecule has 0 saturated heterocycles. The van der Waals surface area contributed by atoms with Crippen LogP contribution in [0.15, 0.2) is 60.2 Å². The molecular formula is C23H30O. The van der Waals surface area contributed by atoms with Crippen LogP contribution in [0.3, 0.4) is 0 Å². The SMILES string of the molecule is CC(C)=C[C@@](C)(CO[C@H](C)c1cc(C)cc(C)c1)c1ccccc1. The summed E-state index contributed by atoms with van der Waals surface area (Å²) in [6.07, 6.45) is 2.40. The Morgan fingerprint density at radius 1 is 1.04 bits per heavy atom. The number of benzene rings is 2. The Bertz CT molecular complexity index is 675. The van der Waals surface area contributed by atoms with Crippen LogP contribution in [0, 0.1) is 13.8 Å². The molecule has 2 atom stereocenters. The van der Waals surface area contributed by atoms with E-state index in [-0.39, 0.29) is 11.5 Å². The maximum atomic E-state index is 6.31. The second kappa shape index (κ2) is 7.81. The topological polar surface area (TPSA) is 9.23 Å². The van der Waals surface area contributed by atoms with Crippen LogP contribution in [-0.2, 0) is 10.2 Å². The Balaban J connectivity index is 2.20. The van der Waals surface area contributed by atoms with Crippen molar-refractivity contribution >= 4 is 0 Å². The molecular weight excluding hydrogens is 292 g/mol. The molecule has 0 aromatic heterocycles. The maximum Gasteiger partial charge on any atom is 0.0797 e. The zero-order chi connectivity index (χ0) is 17.7. The molecule has 2 rings (SSSR count). The van der Waals surface area contributed by atoms with Gasteiger partial charge in [0.25, 0.3) is 0 Å². The van der Waals surface area contributed by atoms with Gasteiger partial charge < -0.3 is 4.74 Å². The summed E-state index contributed by atoms with van der Waals surface area (Å²) in [5.41, 5.74) is 6.31. The lowest BCUT2D eigenvalue weighted by atomic mass is 9.82. The van der Waals surface area contributed by atoms with Crippen molar-refractivity contribution in [3.05, 3.63) is 82.4 Å². The van der Waals surface area contributed by atoms with Crippen molar-refractivity contribution in [3.8, 4) is 0 Å². The van der Waals surface area contributed by atoms with E-state index in [0.717, 1.165) is 0 Å². The first-order valence-corrected chi connectivity index (χ1v) is 8.71. The van der Waals surface area contributed by atoms with Crippen LogP contribution >= 0.6 is 0 Å². The molecule has 2 aromatic carbocycles. The minimum atomic E-state index is -0.118. The highest BCUT2D eigenvalue weighted by Gasteiger charge is 2.25. The number of aryl methyl sites for hydroxylation is 2. The lowest BCUT2D eigenvalue weighted by molar-refractivity contribution is 0.0421. The molecule has 0 fully saturated rings. The molecule has 0 aliphatic heterocycles. The summed E-state index contributed by atoms with van der Waals surface area (Å²) < 4.78 is 6.31. The molecule has 0 unspecified atom stereocenters. The number of rotatable bonds is 6. The first-order chi connectivity index (χ1) is 11.3. The normalized spacial score (nSPS) is 14.8. The van der Waals surface area contributed by atoms with Gasteiger partial charge in [0.1, 0.15) is 0 Å². The minimum absolute atomic E-state index is 0.0807. The Labute approximate surface area is 147 Å². The van der Waals surface area contributed by atoms with Gasteiger partial charge >= 0.3 is 0 Å². The largest absolute Gasteiger partial charge is 0.373 e. The maximum absolute atomic E-state index is 6.31. The van der Waals surface area contributed by atoms with E-state index in [9.17, 15) is 0 Å². The Kier molecular flexibility index (Phi) is 6.01. The van der Waals surface area contributed by atoms with Gasteiger partial charge in [0.15, 0.2) is 0 Å². The fourth-order valence-corrected chi connectivity index (χ4v) is 3.30. The van der Waals surface area contributed by atoms with Crippen LogP contribution < -0.4 is 0 Å². The molecule has 0 aliphatic rings. The van der Waals surface area contributed by atoms with E-state index in [1.807, 2.05) is 0 Å². The quantitative estimate of drug-likeness (QED) is 0.567. The van der Waals surface area contributed by atoms with Crippen LogP contribution in [-0.4, -0.2) is 6.61 Å². The van der Waals surface area contributed by atoms with Gasteiger partial charge in [0, 0.05) is 5.41 Å². The summed E-state index contributed by atoms with van der Waals surface area (Å²) >= 11 is 0. The number of allylic oxidation sites excluding steroid dienone is 1. The predicted octanol–water partition coefficient (Wildman–Crippen LogP) is 6.31. The van der Waals surface area contributed by atoms with Gasteiger partial charge in [0.2, 0.25) is 0 Å². The average molecular weight is 322 g/mol. The van der Waals surface area contributed by atoms with Crippen LogP contribution in [0.5, 0.6) is 0 Å². The highest BCUT2D eigenvalue weighted by atomic mass is 16.5. The van der Waals surface area contributed by atoms with E-state index in [4.69, 9.17) is 4.74 Å². The van der Waals surface area contributed by atoms with Crippen molar-refractivity contribution in [2.75, 3.05) is 6.61 Å². The van der Waals surface area contributed by atoms with Crippen molar-refractivity contribution in [1.29, 1.82) is 0 Å². The number of hydrogen-bond donors (Lipinski definition) is 0. The van der Waals surface area contributed by atoms with Crippen molar-refractivity contribution in [2.45, 2.75) is 53.1 Å². The molecule has 0 amide bonds. The van der Waals surface area contributed by atoms with E-state index >= 15 is 0 Å². The van der Waals surface area contributed by atoms with Gasteiger partial charge in [-0.3, -0.25) is 0 Å². The first kappa shape index (κ1) is 18.5. The first-order valence-electron chi connectivity index (χ1n) is 8.71. The minimum Gasteiger partial charge on any atom is -0.373 e. The van der Waals surface area contributed by atoms with E-state index in [2.05, 4.69) is 96.1 Å². The summed E-state index contributed by atoms with van der Waals surface area (Å²) in [5.74, 6) is 0. The third kappa shape index (κ3) is 4.82. The van der Waals surface area contributed by atoms with Crippen molar-refractivity contribution in [1.82, 2.24) is 0 Å². The second-order valence-electron chi connectivity index (χ2n) is 7.38. The van der Waals surface area contributed by atoms with Crippen LogP contribution in [0.25, 0.3) is 0 Å². The Morgan fingerprint density at radius 3 is 2.17 bits per heavy atom. The zero-order valence-corrected chi connectivity index (χ0v) is 15.9.